The van der Waals surface area contributed by atoms with E-state index >= 15 is 0 Å². The molecule has 0 aliphatic heterocycles. The van der Waals surface area contributed by atoms with Crippen molar-refractivity contribution in [2.75, 3.05) is 0 Å². The number of thiophene rings is 1. The number of hydrogen-bond donors (Lipinski definition) is 1. The standard InChI is InChI=1S/C17H18N2O2S/c1-11-8-14-15(9-12(11)2)19(6-5-17(20)21)16(18-14)10-13-4-3-7-22-13/h3-4,7-9H,5-6,10H2,1-2H3,(H,20,21). The number of aliphatic carboxylic acids is 1. The molecule has 0 aliphatic rings. The van der Waals surface area contributed by atoms with Crippen molar-refractivity contribution < 1.29 is 9.90 Å². The molecule has 1 aromatic carbocycles. The summed E-state index contributed by atoms with van der Waals surface area (Å²) in [7, 11) is 0. The third-order valence-corrected chi connectivity index (χ3v) is 4.78. The highest BCUT2D eigenvalue weighted by atomic mass is 32.1. The van der Waals surface area contributed by atoms with E-state index in [0.29, 0.717) is 6.54 Å². The van der Waals surface area contributed by atoms with Gasteiger partial charge >= 0.3 is 5.97 Å². The van der Waals surface area contributed by atoms with Crippen molar-refractivity contribution in [1.82, 2.24) is 9.55 Å². The normalized spacial score (nSPS) is 11.2. The molecule has 0 amide bonds. The van der Waals surface area contributed by atoms with E-state index in [4.69, 9.17) is 10.1 Å². The van der Waals surface area contributed by atoms with Crippen LogP contribution in [0.1, 0.15) is 28.2 Å². The van der Waals surface area contributed by atoms with Crippen LogP contribution in [0.2, 0.25) is 0 Å². The lowest BCUT2D eigenvalue weighted by molar-refractivity contribution is -0.137. The monoisotopic (exact) mass is 314 g/mol. The third-order valence-electron chi connectivity index (χ3n) is 3.90. The summed E-state index contributed by atoms with van der Waals surface area (Å²) < 4.78 is 2.05. The van der Waals surface area contributed by atoms with Gasteiger partial charge in [0.05, 0.1) is 17.5 Å². The number of benzene rings is 1. The van der Waals surface area contributed by atoms with Crippen LogP contribution >= 0.6 is 11.3 Å². The van der Waals surface area contributed by atoms with Gasteiger partial charge in [0, 0.05) is 17.8 Å². The minimum atomic E-state index is -0.784. The summed E-state index contributed by atoms with van der Waals surface area (Å²) in [6.07, 6.45) is 0.847. The van der Waals surface area contributed by atoms with Crippen molar-refractivity contribution in [1.29, 1.82) is 0 Å². The highest BCUT2D eigenvalue weighted by Crippen LogP contribution is 2.23. The average Bonchev–Trinajstić information content (AvgIpc) is 3.06. The van der Waals surface area contributed by atoms with Gasteiger partial charge in [-0.1, -0.05) is 6.07 Å². The molecule has 0 fully saturated rings. The molecule has 0 saturated heterocycles. The number of imidazole rings is 1. The number of carbonyl (C=O) groups is 1. The van der Waals surface area contributed by atoms with E-state index in [-0.39, 0.29) is 6.42 Å². The second-order valence-corrected chi connectivity index (χ2v) is 6.54. The van der Waals surface area contributed by atoms with Gasteiger partial charge in [-0.2, -0.15) is 0 Å². The maximum absolute atomic E-state index is 10.9. The van der Waals surface area contributed by atoms with Crippen LogP contribution in [0.15, 0.2) is 29.6 Å². The summed E-state index contributed by atoms with van der Waals surface area (Å²) in [6.45, 7) is 4.60. The van der Waals surface area contributed by atoms with Gasteiger partial charge < -0.3 is 9.67 Å². The molecule has 0 bridgehead atoms. The number of hydrogen-bond acceptors (Lipinski definition) is 3. The molecule has 4 nitrogen and oxygen atoms in total. The van der Waals surface area contributed by atoms with Gasteiger partial charge in [-0.05, 0) is 48.6 Å². The average molecular weight is 314 g/mol. The van der Waals surface area contributed by atoms with Crippen LogP contribution in [0, 0.1) is 13.8 Å². The molecule has 0 spiro atoms. The summed E-state index contributed by atoms with van der Waals surface area (Å²) >= 11 is 1.70. The van der Waals surface area contributed by atoms with E-state index < -0.39 is 5.97 Å². The number of carboxylic acid groups (broad SMARTS) is 1. The maximum atomic E-state index is 10.9. The quantitative estimate of drug-likeness (QED) is 0.779. The first-order valence-electron chi connectivity index (χ1n) is 7.25. The first kappa shape index (κ1) is 14.8. The molecule has 3 rings (SSSR count). The summed E-state index contributed by atoms with van der Waals surface area (Å²) in [5, 5.41) is 11.0. The van der Waals surface area contributed by atoms with Crippen LogP contribution in [0.5, 0.6) is 0 Å². The Morgan fingerprint density at radius 3 is 2.77 bits per heavy atom. The third kappa shape index (κ3) is 2.90. The van der Waals surface area contributed by atoms with Gasteiger partial charge in [-0.3, -0.25) is 4.79 Å². The molecule has 1 N–H and O–H groups in total. The van der Waals surface area contributed by atoms with Gasteiger partial charge in [0.2, 0.25) is 0 Å². The SMILES string of the molecule is Cc1cc2nc(Cc3cccs3)n(CCC(=O)O)c2cc1C. The molecule has 5 heteroatoms. The topological polar surface area (TPSA) is 55.1 Å². The molecule has 0 saturated carbocycles. The lowest BCUT2D eigenvalue weighted by Gasteiger charge is -2.08. The van der Waals surface area contributed by atoms with Crippen molar-refractivity contribution in [3.8, 4) is 0 Å². The Hall–Kier alpha value is -2.14. The van der Waals surface area contributed by atoms with Crippen LogP contribution in [0.4, 0.5) is 0 Å². The largest absolute Gasteiger partial charge is 0.481 e. The molecule has 2 heterocycles. The molecule has 3 aromatic rings. The molecule has 0 aliphatic carbocycles. The second kappa shape index (κ2) is 5.93. The first-order chi connectivity index (χ1) is 10.5. The van der Waals surface area contributed by atoms with Crippen LogP contribution in [-0.2, 0) is 17.8 Å². The number of aryl methyl sites for hydroxylation is 3. The second-order valence-electron chi connectivity index (χ2n) is 5.50. The first-order valence-corrected chi connectivity index (χ1v) is 8.13. The number of nitrogens with zero attached hydrogens (tertiary/aromatic N) is 2. The Morgan fingerprint density at radius 2 is 2.09 bits per heavy atom. The maximum Gasteiger partial charge on any atom is 0.305 e. The van der Waals surface area contributed by atoms with E-state index in [9.17, 15) is 4.79 Å². The highest BCUT2D eigenvalue weighted by Gasteiger charge is 2.14. The molecule has 0 radical (unpaired) electrons. The van der Waals surface area contributed by atoms with Crippen molar-refractivity contribution in [3.63, 3.8) is 0 Å². The molecular formula is C17H18N2O2S. The Balaban J connectivity index is 2.07. The van der Waals surface area contributed by atoms with Crippen LogP contribution in [0.3, 0.4) is 0 Å². The highest BCUT2D eigenvalue weighted by molar-refractivity contribution is 7.09. The summed E-state index contributed by atoms with van der Waals surface area (Å²) in [4.78, 5) is 16.9. The summed E-state index contributed by atoms with van der Waals surface area (Å²) in [6, 6.07) is 8.30. The number of carboxylic acids is 1. The van der Waals surface area contributed by atoms with Crippen LogP contribution in [0.25, 0.3) is 11.0 Å². The van der Waals surface area contributed by atoms with Crippen molar-refractivity contribution in [3.05, 3.63) is 51.5 Å². The van der Waals surface area contributed by atoms with Gasteiger partial charge in [-0.15, -0.1) is 11.3 Å². The Bertz CT molecular complexity index is 819. The van der Waals surface area contributed by atoms with E-state index in [1.165, 1.54) is 16.0 Å². The van der Waals surface area contributed by atoms with E-state index in [1.807, 2.05) is 11.4 Å². The zero-order valence-electron chi connectivity index (χ0n) is 12.7. The number of rotatable bonds is 5. The zero-order valence-corrected chi connectivity index (χ0v) is 13.5. The molecule has 114 valence electrons. The van der Waals surface area contributed by atoms with Crippen molar-refractivity contribution in [2.24, 2.45) is 0 Å². The lowest BCUT2D eigenvalue weighted by Crippen LogP contribution is -2.08. The fourth-order valence-corrected chi connectivity index (χ4v) is 3.29. The van der Waals surface area contributed by atoms with E-state index in [1.54, 1.807) is 11.3 Å². The van der Waals surface area contributed by atoms with Crippen molar-refractivity contribution in [2.45, 2.75) is 33.2 Å². The Morgan fingerprint density at radius 1 is 1.32 bits per heavy atom. The van der Waals surface area contributed by atoms with Crippen molar-refractivity contribution >= 4 is 28.3 Å². The van der Waals surface area contributed by atoms with Gasteiger partial charge in [-0.25, -0.2) is 4.98 Å². The van der Waals surface area contributed by atoms with E-state index in [0.717, 1.165) is 23.3 Å². The molecular weight excluding hydrogens is 296 g/mol. The molecule has 22 heavy (non-hydrogen) atoms. The summed E-state index contributed by atoms with van der Waals surface area (Å²) in [5.41, 5.74) is 4.38. The molecule has 0 atom stereocenters. The predicted molar refractivity (Wildman–Crippen MR) is 88.6 cm³/mol. The van der Waals surface area contributed by atoms with E-state index in [2.05, 4.69) is 36.6 Å². The molecule has 0 unspecified atom stereocenters. The summed E-state index contributed by atoms with van der Waals surface area (Å²) in [5.74, 6) is 0.149. The van der Waals surface area contributed by atoms with Gasteiger partial charge in [0.1, 0.15) is 5.82 Å². The van der Waals surface area contributed by atoms with Gasteiger partial charge in [0.15, 0.2) is 0 Å². The van der Waals surface area contributed by atoms with Crippen LogP contribution < -0.4 is 0 Å². The van der Waals surface area contributed by atoms with Crippen LogP contribution in [-0.4, -0.2) is 20.6 Å². The predicted octanol–water partition coefficient (Wildman–Crippen LogP) is 3.78. The molecule has 2 aromatic heterocycles. The zero-order chi connectivity index (χ0) is 15.7. The lowest BCUT2D eigenvalue weighted by atomic mass is 10.1. The van der Waals surface area contributed by atoms with Gasteiger partial charge in [0.25, 0.3) is 0 Å². The number of fused-ring (bicyclic) bond motifs is 1. The number of aromatic nitrogens is 2. The smallest absolute Gasteiger partial charge is 0.305 e. The minimum Gasteiger partial charge on any atom is -0.481 e. The Labute approximate surface area is 133 Å². The fourth-order valence-electron chi connectivity index (χ4n) is 2.59. The fraction of sp³-hybridized carbons (Fsp3) is 0.294. The minimum absolute atomic E-state index is 0.107. The Kier molecular flexibility index (Phi) is 3.98.